The number of allylic oxidation sites excluding steroid dienone is 2. The number of carbonyl (C=O) groups excluding carboxylic acids is 1. The van der Waals surface area contributed by atoms with Crippen molar-refractivity contribution in [1.82, 2.24) is 20.3 Å². The Labute approximate surface area is 191 Å². The number of hydrogen-bond acceptors (Lipinski definition) is 6. The third-order valence-electron chi connectivity index (χ3n) is 7.69. The molecule has 3 heterocycles. The first-order chi connectivity index (χ1) is 15.5. The molecule has 3 aromatic rings. The van der Waals surface area contributed by atoms with E-state index in [0.717, 1.165) is 50.3 Å². The van der Waals surface area contributed by atoms with Crippen LogP contribution in [0.25, 0.3) is 10.2 Å². The predicted molar refractivity (Wildman–Crippen MR) is 127 cm³/mol. The molecule has 7 heteroatoms. The maximum absolute atomic E-state index is 13.1. The first-order valence-electron chi connectivity index (χ1n) is 11.4. The summed E-state index contributed by atoms with van der Waals surface area (Å²) >= 11 is 1.45. The number of hydrogen-bond donors (Lipinski definition) is 2. The third-order valence-corrected chi connectivity index (χ3v) is 8.88. The van der Waals surface area contributed by atoms with Gasteiger partial charge in [0.2, 0.25) is 0 Å². The number of nitrogens with one attached hydrogen (secondary N) is 2. The molecule has 1 amide bonds. The molecule has 3 aliphatic carbocycles. The minimum absolute atomic E-state index is 0.00778. The van der Waals surface area contributed by atoms with Crippen LogP contribution < -0.4 is 10.6 Å². The minimum atomic E-state index is 0.00778. The van der Waals surface area contributed by atoms with Crippen molar-refractivity contribution in [2.75, 3.05) is 11.9 Å². The number of amides is 1. The topological polar surface area (TPSA) is 79.8 Å². The zero-order valence-corrected chi connectivity index (χ0v) is 19.2. The lowest BCUT2D eigenvalue weighted by atomic mass is 9.89. The number of aromatic nitrogens is 3. The fourth-order valence-electron chi connectivity index (χ4n) is 5.95. The number of carbonyl (C=O) groups is 1. The molecule has 0 aliphatic heterocycles. The Balaban J connectivity index is 1.18. The zero-order chi connectivity index (χ0) is 21.9. The Bertz CT molecular complexity index is 1240. The number of nitrogens with zero attached hydrogens (tertiary/aromatic N) is 3. The first kappa shape index (κ1) is 19.9. The molecule has 1 spiro atoms. The Morgan fingerprint density at radius 3 is 2.88 bits per heavy atom. The predicted octanol–water partition coefficient (Wildman–Crippen LogP) is 4.65. The molecule has 0 saturated heterocycles. The third kappa shape index (κ3) is 3.13. The van der Waals surface area contributed by atoms with Crippen LogP contribution in [0.1, 0.15) is 45.9 Å². The second-order valence-electron chi connectivity index (χ2n) is 9.54. The fraction of sp³-hybridized carbons (Fsp3) is 0.440. The van der Waals surface area contributed by atoms with Gasteiger partial charge in [-0.1, -0.05) is 18.2 Å². The number of anilines is 1. The van der Waals surface area contributed by atoms with Gasteiger partial charge in [0.25, 0.3) is 5.91 Å². The monoisotopic (exact) mass is 445 g/mol. The van der Waals surface area contributed by atoms with E-state index in [4.69, 9.17) is 0 Å². The molecule has 0 radical (unpaired) electrons. The Hall–Kier alpha value is -2.80. The van der Waals surface area contributed by atoms with Crippen molar-refractivity contribution >= 4 is 33.3 Å². The molecule has 6 rings (SSSR count). The Morgan fingerprint density at radius 1 is 1.22 bits per heavy atom. The van der Waals surface area contributed by atoms with E-state index < -0.39 is 0 Å². The van der Waals surface area contributed by atoms with Crippen LogP contribution in [0.3, 0.4) is 0 Å². The lowest BCUT2D eigenvalue weighted by Crippen LogP contribution is -2.31. The molecule has 3 atom stereocenters. The van der Waals surface area contributed by atoms with E-state index in [2.05, 4.69) is 37.7 Å². The van der Waals surface area contributed by atoms with Crippen molar-refractivity contribution in [2.24, 2.45) is 23.2 Å². The number of thiophene rings is 1. The van der Waals surface area contributed by atoms with Gasteiger partial charge in [-0.3, -0.25) is 9.78 Å². The lowest BCUT2D eigenvalue weighted by Gasteiger charge is -2.20. The fourth-order valence-corrected chi connectivity index (χ4v) is 7.02. The molecule has 3 aliphatic rings. The standard InChI is InChI=1S/C25H27N5OS/c1-14-4-3-5-18(30-14)12-26-22-20-15(2)21(32-24(20)29-13-28-22)23(31)27-11-16-10-17-6-7-19(16)25(17)8-9-25/h3-7,13,16-17,19H,8-12H2,1-2H3,(H,27,31)(H,26,28,29). The summed E-state index contributed by atoms with van der Waals surface area (Å²) < 4.78 is 0. The Morgan fingerprint density at radius 2 is 2.09 bits per heavy atom. The highest BCUT2D eigenvalue weighted by Crippen LogP contribution is 2.69. The van der Waals surface area contributed by atoms with Crippen LogP contribution >= 0.6 is 11.3 Å². The highest BCUT2D eigenvalue weighted by molar-refractivity contribution is 7.20. The molecule has 6 nitrogen and oxygen atoms in total. The molecule has 32 heavy (non-hydrogen) atoms. The summed E-state index contributed by atoms with van der Waals surface area (Å²) in [5.74, 6) is 2.74. The van der Waals surface area contributed by atoms with Crippen LogP contribution in [0.15, 0.2) is 36.7 Å². The zero-order valence-electron chi connectivity index (χ0n) is 18.4. The van der Waals surface area contributed by atoms with Gasteiger partial charge in [-0.05, 0) is 74.0 Å². The Kier molecular flexibility index (Phi) is 4.57. The van der Waals surface area contributed by atoms with Crippen molar-refractivity contribution in [3.8, 4) is 0 Å². The van der Waals surface area contributed by atoms with Gasteiger partial charge in [-0.2, -0.15) is 0 Å². The number of fused-ring (bicyclic) bond motifs is 1. The van der Waals surface area contributed by atoms with Gasteiger partial charge in [-0.25, -0.2) is 9.97 Å². The van der Waals surface area contributed by atoms with Gasteiger partial charge in [-0.15, -0.1) is 11.3 Å². The van der Waals surface area contributed by atoms with Crippen LogP contribution in [0, 0.1) is 37.0 Å². The van der Waals surface area contributed by atoms with Crippen molar-refractivity contribution in [2.45, 2.75) is 39.7 Å². The highest BCUT2D eigenvalue weighted by Gasteiger charge is 2.62. The van der Waals surface area contributed by atoms with Crippen LogP contribution in [0.4, 0.5) is 5.82 Å². The minimum Gasteiger partial charge on any atom is -0.364 e. The van der Waals surface area contributed by atoms with Crippen molar-refractivity contribution in [3.05, 3.63) is 58.5 Å². The van der Waals surface area contributed by atoms with Crippen molar-refractivity contribution in [3.63, 3.8) is 0 Å². The maximum atomic E-state index is 13.1. The van der Waals surface area contributed by atoms with Crippen LogP contribution in [0.5, 0.6) is 0 Å². The van der Waals surface area contributed by atoms with E-state index >= 15 is 0 Å². The summed E-state index contributed by atoms with van der Waals surface area (Å²) in [5.41, 5.74) is 3.44. The molecular weight excluding hydrogens is 418 g/mol. The van der Waals surface area contributed by atoms with Crippen LogP contribution in [-0.2, 0) is 6.54 Å². The molecule has 2 saturated carbocycles. The molecular formula is C25H27N5OS. The average Bonchev–Trinajstić information content (AvgIpc) is 3.34. The molecule has 2 bridgehead atoms. The second-order valence-corrected chi connectivity index (χ2v) is 10.5. The van der Waals surface area contributed by atoms with Gasteiger partial charge < -0.3 is 10.6 Å². The van der Waals surface area contributed by atoms with E-state index in [1.165, 1.54) is 30.6 Å². The van der Waals surface area contributed by atoms with Gasteiger partial charge in [0, 0.05) is 12.2 Å². The maximum Gasteiger partial charge on any atom is 0.261 e. The van der Waals surface area contributed by atoms with Gasteiger partial charge in [0.15, 0.2) is 0 Å². The smallest absolute Gasteiger partial charge is 0.261 e. The van der Waals surface area contributed by atoms with Crippen molar-refractivity contribution < 1.29 is 4.79 Å². The molecule has 0 aromatic carbocycles. The number of pyridine rings is 1. The summed E-state index contributed by atoms with van der Waals surface area (Å²) in [5, 5.41) is 7.55. The van der Waals surface area contributed by atoms with Crippen LogP contribution in [0.2, 0.25) is 0 Å². The number of rotatable bonds is 6. The molecule has 2 fully saturated rings. The normalized spacial score (nSPS) is 24.4. The van der Waals surface area contributed by atoms with Crippen molar-refractivity contribution in [1.29, 1.82) is 0 Å². The number of aryl methyl sites for hydroxylation is 2. The quantitative estimate of drug-likeness (QED) is 0.540. The summed E-state index contributed by atoms with van der Waals surface area (Å²) in [6.07, 6.45) is 10.3. The van der Waals surface area contributed by atoms with Gasteiger partial charge in [0.05, 0.1) is 22.5 Å². The van der Waals surface area contributed by atoms with E-state index in [1.807, 2.05) is 32.0 Å². The van der Waals surface area contributed by atoms with E-state index in [1.54, 1.807) is 6.33 Å². The highest BCUT2D eigenvalue weighted by atomic mass is 32.1. The molecule has 164 valence electrons. The molecule has 3 unspecified atom stereocenters. The molecule has 2 N–H and O–H groups in total. The summed E-state index contributed by atoms with van der Waals surface area (Å²) in [7, 11) is 0. The van der Waals surface area contributed by atoms with E-state index in [-0.39, 0.29) is 5.91 Å². The second kappa shape index (κ2) is 7.37. The van der Waals surface area contributed by atoms with E-state index in [0.29, 0.717) is 23.8 Å². The summed E-state index contributed by atoms with van der Waals surface area (Å²) in [6, 6.07) is 5.98. The first-order valence-corrected chi connectivity index (χ1v) is 12.2. The molecule has 3 aromatic heterocycles. The average molecular weight is 446 g/mol. The van der Waals surface area contributed by atoms with Gasteiger partial charge in [0.1, 0.15) is 17.0 Å². The summed E-state index contributed by atoms with van der Waals surface area (Å²) in [6.45, 7) is 5.31. The largest absolute Gasteiger partial charge is 0.364 e. The van der Waals surface area contributed by atoms with E-state index in [9.17, 15) is 4.79 Å². The van der Waals surface area contributed by atoms with Crippen LogP contribution in [-0.4, -0.2) is 27.4 Å². The summed E-state index contributed by atoms with van der Waals surface area (Å²) in [4.78, 5) is 28.1. The van der Waals surface area contributed by atoms with Gasteiger partial charge >= 0.3 is 0 Å². The lowest BCUT2D eigenvalue weighted by molar-refractivity contribution is 0.0947. The SMILES string of the molecule is Cc1cccc(CNc2ncnc3sc(C(=O)NCC4CC5C=CC4C54CC4)c(C)c23)n1.